The smallest absolute Gasteiger partial charge is 0.187 e. The number of pyridine rings is 2. The number of carbonyl (C=O) groups excluding carboxylic acids is 1. The quantitative estimate of drug-likeness (QED) is 0.772. The van der Waals surface area contributed by atoms with Gasteiger partial charge in [-0.3, -0.25) is 14.8 Å². The number of nitrogens with zero attached hydrogens (tertiary/aromatic N) is 2. The second kappa shape index (κ2) is 5.54. The minimum Gasteiger partial charge on any atom is -0.292 e. The van der Waals surface area contributed by atoms with E-state index >= 15 is 0 Å². The zero-order valence-electron chi connectivity index (χ0n) is 10.7. The van der Waals surface area contributed by atoms with Crippen LogP contribution in [-0.2, 0) is 12.8 Å². The summed E-state index contributed by atoms with van der Waals surface area (Å²) in [6.07, 6.45) is 4.74. The maximum atomic E-state index is 12.1. The number of aryl methyl sites for hydroxylation is 2. The topological polar surface area (TPSA) is 42.9 Å². The lowest BCUT2D eigenvalue weighted by atomic mass is 10.1. The summed E-state index contributed by atoms with van der Waals surface area (Å²) < 4.78 is 0. The van der Waals surface area contributed by atoms with Gasteiger partial charge in [0.1, 0.15) is 5.69 Å². The average molecular weight is 240 g/mol. The van der Waals surface area contributed by atoms with Crippen LogP contribution in [0, 0.1) is 6.92 Å². The molecule has 0 aromatic carbocycles. The summed E-state index contributed by atoms with van der Waals surface area (Å²) in [6, 6.07) is 7.66. The van der Waals surface area contributed by atoms with Gasteiger partial charge in [-0.05, 0) is 36.6 Å². The molecule has 2 heterocycles. The van der Waals surface area contributed by atoms with Gasteiger partial charge in [-0.15, -0.1) is 0 Å². The Hall–Kier alpha value is -2.03. The van der Waals surface area contributed by atoms with Crippen molar-refractivity contribution < 1.29 is 4.79 Å². The molecule has 0 N–H and O–H groups in total. The zero-order chi connectivity index (χ0) is 13.0. The van der Waals surface area contributed by atoms with Gasteiger partial charge < -0.3 is 0 Å². The lowest BCUT2D eigenvalue weighted by Crippen LogP contribution is -2.09. The normalized spacial score (nSPS) is 10.3. The highest BCUT2D eigenvalue weighted by Gasteiger charge is 2.11. The van der Waals surface area contributed by atoms with Crippen molar-refractivity contribution in [2.24, 2.45) is 0 Å². The highest BCUT2D eigenvalue weighted by Crippen LogP contribution is 2.09. The molecule has 0 bridgehead atoms. The lowest BCUT2D eigenvalue weighted by Gasteiger charge is -2.04. The Morgan fingerprint density at radius 2 is 2.06 bits per heavy atom. The number of hydrogen-bond donors (Lipinski definition) is 0. The number of aromatic nitrogens is 2. The minimum absolute atomic E-state index is 0.0184. The highest BCUT2D eigenvalue weighted by molar-refractivity contribution is 5.96. The molecular formula is C15H16N2O. The number of ketones is 1. The molecule has 0 fully saturated rings. The second-order valence-corrected chi connectivity index (χ2v) is 4.28. The van der Waals surface area contributed by atoms with E-state index in [9.17, 15) is 4.79 Å². The van der Waals surface area contributed by atoms with Gasteiger partial charge in [0.25, 0.3) is 0 Å². The number of carbonyl (C=O) groups is 1. The molecule has 0 amide bonds. The third kappa shape index (κ3) is 2.80. The molecule has 3 nitrogen and oxygen atoms in total. The first-order chi connectivity index (χ1) is 8.70. The van der Waals surface area contributed by atoms with Crippen molar-refractivity contribution in [1.29, 1.82) is 0 Å². The van der Waals surface area contributed by atoms with E-state index in [1.54, 1.807) is 6.20 Å². The number of hydrogen-bond acceptors (Lipinski definition) is 3. The van der Waals surface area contributed by atoms with Crippen LogP contribution in [0.5, 0.6) is 0 Å². The molecule has 92 valence electrons. The molecule has 0 atom stereocenters. The summed E-state index contributed by atoms with van der Waals surface area (Å²) in [7, 11) is 0. The van der Waals surface area contributed by atoms with E-state index in [1.165, 1.54) is 5.56 Å². The number of rotatable bonds is 4. The molecule has 2 rings (SSSR count). The molecule has 18 heavy (non-hydrogen) atoms. The van der Waals surface area contributed by atoms with Gasteiger partial charge in [0, 0.05) is 18.1 Å². The van der Waals surface area contributed by atoms with Crippen molar-refractivity contribution in [3.8, 4) is 0 Å². The molecular weight excluding hydrogens is 224 g/mol. The van der Waals surface area contributed by atoms with E-state index in [2.05, 4.69) is 16.9 Å². The fourth-order valence-electron chi connectivity index (χ4n) is 1.79. The second-order valence-electron chi connectivity index (χ2n) is 4.28. The zero-order valence-corrected chi connectivity index (χ0v) is 10.7. The van der Waals surface area contributed by atoms with Crippen molar-refractivity contribution >= 4 is 5.78 Å². The van der Waals surface area contributed by atoms with E-state index < -0.39 is 0 Å². The van der Waals surface area contributed by atoms with Crippen molar-refractivity contribution in [2.75, 3.05) is 0 Å². The third-order valence-corrected chi connectivity index (χ3v) is 2.91. The van der Waals surface area contributed by atoms with Gasteiger partial charge >= 0.3 is 0 Å². The predicted molar refractivity (Wildman–Crippen MR) is 70.6 cm³/mol. The summed E-state index contributed by atoms with van der Waals surface area (Å²) in [5.41, 5.74) is 3.43. The van der Waals surface area contributed by atoms with Crippen molar-refractivity contribution in [2.45, 2.75) is 26.7 Å². The van der Waals surface area contributed by atoms with Gasteiger partial charge in [-0.2, -0.15) is 0 Å². The molecule has 0 radical (unpaired) electrons. The molecule has 0 unspecified atom stereocenters. The van der Waals surface area contributed by atoms with Crippen molar-refractivity contribution in [3.05, 3.63) is 59.2 Å². The molecule has 0 aliphatic heterocycles. The minimum atomic E-state index is 0.0184. The predicted octanol–water partition coefficient (Wildman–Crippen LogP) is 2.77. The number of Topliss-reactive ketones (excluding diaryl/α,β-unsaturated/α-hetero) is 1. The Morgan fingerprint density at radius 1 is 1.22 bits per heavy atom. The van der Waals surface area contributed by atoms with E-state index in [1.807, 2.05) is 37.4 Å². The Kier molecular flexibility index (Phi) is 3.82. The van der Waals surface area contributed by atoms with Gasteiger partial charge in [-0.1, -0.05) is 19.1 Å². The lowest BCUT2D eigenvalue weighted by molar-refractivity contribution is 0.0986. The molecule has 2 aromatic heterocycles. The molecule has 0 aliphatic carbocycles. The third-order valence-electron chi connectivity index (χ3n) is 2.91. The summed E-state index contributed by atoms with van der Waals surface area (Å²) in [4.78, 5) is 20.5. The SMILES string of the molecule is CCc1ccc(CC(=O)c2ncccc2C)nc1. The van der Waals surface area contributed by atoms with Gasteiger partial charge in [-0.25, -0.2) is 0 Å². The monoisotopic (exact) mass is 240 g/mol. The van der Waals surface area contributed by atoms with Crippen LogP contribution >= 0.6 is 0 Å². The summed E-state index contributed by atoms with van der Waals surface area (Å²) in [6.45, 7) is 3.98. The Balaban J connectivity index is 2.14. The van der Waals surface area contributed by atoms with Crippen LogP contribution in [0.25, 0.3) is 0 Å². The van der Waals surface area contributed by atoms with Crippen LogP contribution in [0.15, 0.2) is 36.7 Å². The fraction of sp³-hybridized carbons (Fsp3) is 0.267. The Bertz CT molecular complexity index is 547. The maximum absolute atomic E-state index is 12.1. The summed E-state index contributed by atoms with van der Waals surface area (Å²) in [5, 5.41) is 0. The van der Waals surface area contributed by atoms with E-state index in [0.29, 0.717) is 12.1 Å². The molecule has 0 saturated carbocycles. The van der Waals surface area contributed by atoms with Crippen LogP contribution in [0.1, 0.15) is 34.2 Å². The molecule has 0 aliphatic rings. The molecule has 2 aromatic rings. The van der Waals surface area contributed by atoms with Gasteiger partial charge in [0.2, 0.25) is 0 Å². The largest absolute Gasteiger partial charge is 0.292 e. The van der Waals surface area contributed by atoms with Gasteiger partial charge in [0.15, 0.2) is 5.78 Å². The van der Waals surface area contributed by atoms with E-state index in [4.69, 9.17) is 0 Å². The average Bonchev–Trinajstić information content (AvgIpc) is 2.40. The fourth-order valence-corrected chi connectivity index (χ4v) is 1.79. The van der Waals surface area contributed by atoms with E-state index in [-0.39, 0.29) is 5.78 Å². The van der Waals surface area contributed by atoms with Crippen molar-refractivity contribution in [3.63, 3.8) is 0 Å². The Labute approximate surface area is 107 Å². The summed E-state index contributed by atoms with van der Waals surface area (Å²) in [5.74, 6) is 0.0184. The van der Waals surface area contributed by atoms with Gasteiger partial charge in [0.05, 0.1) is 6.42 Å². The van der Waals surface area contributed by atoms with Crippen molar-refractivity contribution in [1.82, 2.24) is 9.97 Å². The molecule has 0 spiro atoms. The van der Waals surface area contributed by atoms with Crippen LogP contribution in [0.3, 0.4) is 0 Å². The van der Waals surface area contributed by atoms with E-state index in [0.717, 1.165) is 17.7 Å². The standard InChI is InChI=1S/C15H16N2O/c1-3-12-6-7-13(17-10-12)9-14(18)15-11(2)5-4-8-16-15/h4-8,10H,3,9H2,1-2H3. The van der Waals surface area contributed by atoms with Crippen LogP contribution in [-0.4, -0.2) is 15.8 Å². The molecule has 0 saturated heterocycles. The van der Waals surface area contributed by atoms with Crippen LogP contribution < -0.4 is 0 Å². The highest BCUT2D eigenvalue weighted by atomic mass is 16.1. The first-order valence-corrected chi connectivity index (χ1v) is 6.09. The Morgan fingerprint density at radius 3 is 2.67 bits per heavy atom. The maximum Gasteiger partial charge on any atom is 0.187 e. The van der Waals surface area contributed by atoms with Crippen LogP contribution in [0.2, 0.25) is 0 Å². The summed E-state index contributed by atoms with van der Waals surface area (Å²) >= 11 is 0. The van der Waals surface area contributed by atoms with Crippen LogP contribution in [0.4, 0.5) is 0 Å². The molecule has 3 heteroatoms. The first-order valence-electron chi connectivity index (χ1n) is 6.09. The first kappa shape index (κ1) is 12.4.